The van der Waals surface area contributed by atoms with Crippen LogP contribution in [0.2, 0.25) is 0 Å². The summed E-state index contributed by atoms with van der Waals surface area (Å²) in [5.74, 6) is -8.38. The van der Waals surface area contributed by atoms with Gasteiger partial charge in [0.2, 0.25) is 0 Å². The van der Waals surface area contributed by atoms with Gasteiger partial charge in [-0.2, -0.15) is 0 Å². The van der Waals surface area contributed by atoms with E-state index in [-0.39, 0.29) is 56.8 Å². The molecule has 0 aliphatic carbocycles. The van der Waals surface area contributed by atoms with Crippen molar-refractivity contribution in [3.8, 4) is 5.75 Å². The van der Waals surface area contributed by atoms with Gasteiger partial charge >= 0.3 is 47.8 Å². The molecule has 0 aliphatic heterocycles. The molecule has 316 valence electrons. The van der Waals surface area contributed by atoms with Crippen LogP contribution < -0.4 is 4.74 Å². The third-order valence-electron chi connectivity index (χ3n) is 6.72. The number of benzene rings is 1. The Balaban J connectivity index is 2.35. The van der Waals surface area contributed by atoms with Gasteiger partial charge in [0, 0.05) is 6.42 Å². The molecule has 4 unspecified atom stereocenters. The topological polar surface area (TPSA) is 315 Å². The summed E-state index contributed by atoms with van der Waals surface area (Å²) in [5, 5.41) is 18.0. The molecule has 0 saturated carbocycles. The minimum absolute atomic E-state index is 0.0872. The van der Waals surface area contributed by atoms with Crippen LogP contribution in [0.1, 0.15) is 76.6 Å². The van der Waals surface area contributed by atoms with E-state index in [0.29, 0.717) is 12.8 Å². The maximum absolute atomic E-state index is 12.5. The lowest BCUT2D eigenvalue weighted by atomic mass is 10.2. The van der Waals surface area contributed by atoms with Crippen molar-refractivity contribution >= 4 is 47.8 Å². The molecule has 0 saturated heterocycles. The van der Waals surface area contributed by atoms with Crippen molar-refractivity contribution in [2.75, 3.05) is 33.0 Å². The van der Waals surface area contributed by atoms with Crippen LogP contribution in [0.15, 0.2) is 24.3 Å². The zero-order chi connectivity index (χ0) is 42.9. The van der Waals surface area contributed by atoms with Gasteiger partial charge in [0.05, 0.1) is 19.8 Å². The maximum Gasteiger partial charge on any atom is 0.349 e. The van der Waals surface area contributed by atoms with Crippen LogP contribution in [0.3, 0.4) is 0 Å². The Hall–Kier alpha value is -6.62. The van der Waals surface area contributed by atoms with E-state index in [2.05, 4.69) is 14.4 Å². The fourth-order valence-corrected chi connectivity index (χ4v) is 3.85. The second-order valence-electron chi connectivity index (χ2n) is 11.4. The second-order valence-corrected chi connectivity index (χ2v) is 11.4. The highest BCUT2D eigenvalue weighted by atomic mass is 17.0. The van der Waals surface area contributed by atoms with Crippen molar-refractivity contribution in [2.45, 2.75) is 90.6 Å². The number of nitrogens with zero attached hydrogens (tertiary/aromatic N) is 2. The SMILES string of the molecule is CC(OC(=O)CCCCCOC(=O)c1ccccc1OC(=O)COC(=O)CO[N+](=O)[O-])C(=O)OC(C)C(=O)OC(C)C(=O)OC(C)C(=O)OCCCCO[N+](=O)[O-]. The first-order valence-electron chi connectivity index (χ1n) is 17.1. The molecule has 0 N–H and O–H groups in total. The molecule has 1 aromatic rings. The molecule has 24 heteroatoms. The third kappa shape index (κ3) is 21.2. The van der Waals surface area contributed by atoms with E-state index in [1.807, 2.05) is 0 Å². The zero-order valence-corrected chi connectivity index (χ0v) is 31.3. The first kappa shape index (κ1) is 48.4. The molecule has 0 aromatic heterocycles. The van der Waals surface area contributed by atoms with Crippen molar-refractivity contribution in [1.82, 2.24) is 0 Å². The molecule has 0 bridgehead atoms. The van der Waals surface area contributed by atoms with Crippen molar-refractivity contribution in [3.63, 3.8) is 0 Å². The number of esters is 8. The normalized spacial score (nSPS) is 12.5. The summed E-state index contributed by atoms with van der Waals surface area (Å²) in [6, 6.07) is 5.51. The largest absolute Gasteiger partial charge is 0.463 e. The molecule has 0 aliphatic rings. The fraction of sp³-hybridized carbons (Fsp3) is 0.576. The number of carbonyl (C=O) groups is 8. The van der Waals surface area contributed by atoms with Crippen LogP contribution in [-0.2, 0) is 76.4 Å². The van der Waals surface area contributed by atoms with Crippen LogP contribution >= 0.6 is 0 Å². The monoisotopic (exact) mass is 818 g/mol. The highest BCUT2D eigenvalue weighted by Gasteiger charge is 2.30. The van der Waals surface area contributed by atoms with E-state index >= 15 is 0 Å². The Labute approximate surface area is 323 Å². The smallest absolute Gasteiger partial charge is 0.349 e. The standard InChI is InChI=1S/C33H42N2O22/c1-20(29(39)48-16-10-11-17-51-34(44)45)54-31(41)22(3)56-32(42)23(4)55-30(40)21(2)53-26(36)14-6-5-9-15-49-33(43)24-12-7-8-13-25(24)57-28(38)18-50-27(37)19-52-35(46)47/h7-8,12-13,20-23H,5-6,9-11,14-19H2,1-4H3. The predicted molar refractivity (Wildman–Crippen MR) is 180 cm³/mol. The molecule has 24 nitrogen and oxygen atoms in total. The lowest BCUT2D eigenvalue weighted by Crippen LogP contribution is -2.37. The summed E-state index contributed by atoms with van der Waals surface area (Å²) < 4.78 is 39.4. The van der Waals surface area contributed by atoms with Crippen LogP contribution in [0.25, 0.3) is 0 Å². The molecule has 0 amide bonds. The Kier molecular flexibility index (Phi) is 22.3. The summed E-state index contributed by atoms with van der Waals surface area (Å²) in [6.07, 6.45) is -4.55. The Morgan fingerprint density at radius 3 is 1.65 bits per heavy atom. The highest BCUT2D eigenvalue weighted by Crippen LogP contribution is 2.20. The highest BCUT2D eigenvalue weighted by molar-refractivity contribution is 5.93. The molecule has 0 heterocycles. The van der Waals surface area contributed by atoms with Crippen molar-refractivity contribution in [2.24, 2.45) is 0 Å². The third-order valence-corrected chi connectivity index (χ3v) is 6.72. The molecule has 0 spiro atoms. The van der Waals surface area contributed by atoms with Crippen LogP contribution in [0.5, 0.6) is 5.75 Å². The Bertz CT molecular complexity index is 1580. The number of hydrogen-bond donors (Lipinski definition) is 0. The number of carbonyl (C=O) groups excluding carboxylic acids is 8. The molecular weight excluding hydrogens is 776 g/mol. The van der Waals surface area contributed by atoms with Gasteiger partial charge in [-0.1, -0.05) is 12.1 Å². The number of unbranched alkanes of at least 4 members (excludes halogenated alkanes) is 3. The molecule has 0 radical (unpaired) electrons. The van der Waals surface area contributed by atoms with Gasteiger partial charge in [-0.3, -0.25) is 4.79 Å². The first-order chi connectivity index (χ1) is 26.9. The molecular formula is C33H42N2O22. The maximum atomic E-state index is 12.5. The Morgan fingerprint density at radius 2 is 1.05 bits per heavy atom. The predicted octanol–water partition coefficient (Wildman–Crippen LogP) is 1.32. The molecule has 57 heavy (non-hydrogen) atoms. The number of ether oxygens (including phenoxy) is 8. The summed E-state index contributed by atoms with van der Waals surface area (Å²) in [4.78, 5) is 125. The van der Waals surface area contributed by atoms with Crippen molar-refractivity contribution < 1.29 is 96.1 Å². The molecule has 4 atom stereocenters. The zero-order valence-electron chi connectivity index (χ0n) is 31.3. The van der Waals surface area contributed by atoms with Gasteiger partial charge in [-0.15, -0.1) is 20.2 Å². The lowest BCUT2D eigenvalue weighted by molar-refractivity contribution is -0.757. The van der Waals surface area contributed by atoms with Gasteiger partial charge in [0.15, 0.2) is 37.6 Å². The molecule has 0 fully saturated rings. The quantitative estimate of drug-likeness (QED) is 0.0302. The van der Waals surface area contributed by atoms with Gasteiger partial charge < -0.3 is 47.6 Å². The fourth-order valence-electron chi connectivity index (χ4n) is 3.85. The summed E-state index contributed by atoms with van der Waals surface area (Å²) in [6.45, 7) is 2.36. The lowest BCUT2D eigenvalue weighted by Gasteiger charge is -2.19. The first-order valence-corrected chi connectivity index (χ1v) is 17.1. The minimum atomic E-state index is -1.54. The number of para-hydroxylation sites is 1. The average Bonchev–Trinajstić information content (AvgIpc) is 3.15. The number of hydrogen-bond acceptors (Lipinski definition) is 22. The van der Waals surface area contributed by atoms with Crippen molar-refractivity contribution in [1.29, 1.82) is 0 Å². The van der Waals surface area contributed by atoms with E-state index in [9.17, 15) is 58.6 Å². The molecule has 1 rings (SSSR count). The summed E-state index contributed by atoms with van der Waals surface area (Å²) in [7, 11) is 0. The van der Waals surface area contributed by atoms with E-state index in [4.69, 9.17) is 33.2 Å². The van der Waals surface area contributed by atoms with Crippen molar-refractivity contribution in [3.05, 3.63) is 50.1 Å². The Morgan fingerprint density at radius 1 is 0.544 bits per heavy atom. The van der Waals surface area contributed by atoms with Gasteiger partial charge in [-0.05, 0) is 71.9 Å². The number of rotatable bonds is 27. The van der Waals surface area contributed by atoms with Gasteiger partial charge in [0.25, 0.3) is 10.2 Å². The van der Waals surface area contributed by atoms with Crippen LogP contribution in [0.4, 0.5) is 0 Å². The second kappa shape index (κ2) is 26.2. The minimum Gasteiger partial charge on any atom is -0.463 e. The van der Waals surface area contributed by atoms with Gasteiger partial charge in [0.1, 0.15) is 11.3 Å². The van der Waals surface area contributed by atoms with E-state index < -0.39 is 95.6 Å². The average molecular weight is 819 g/mol. The molecule has 1 aromatic carbocycles. The van der Waals surface area contributed by atoms with Crippen LogP contribution in [-0.4, -0.2) is 115 Å². The van der Waals surface area contributed by atoms with E-state index in [0.717, 1.165) is 13.8 Å². The van der Waals surface area contributed by atoms with Crippen LogP contribution in [0, 0.1) is 20.2 Å². The summed E-state index contributed by atoms with van der Waals surface area (Å²) >= 11 is 0. The van der Waals surface area contributed by atoms with E-state index in [1.54, 1.807) is 0 Å². The van der Waals surface area contributed by atoms with Gasteiger partial charge in [-0.25, -0.2) is 33.6 Å². The van der Waals surface area contributed by atoms with E-state index in [1.165, 1.54) is 38.1 Å². The summed E-state index contributed by atoms with van der Waals surface area (Å²) in [5.41, 5.74) is -0.127.